The van der Waals surface area contributed by atoms with Crippen LogP contribution in [0.5, 0.6) is 0 Å². The summed E-state index contributed by atoms with van der Waals surface area (Å²) in [5, 5.41) is 1.06. The van der Waals surface area contributed by atoms with Gasteiger partial charge in [0.1, 0.15) is 0 Å². The van der Waals surface area contributed by atoms with Crippen LogP contribution in [0, 0.1) is 0 Å². The van der Waals surface area contributed by atoms with Crippen LogP contribution in [-0.2, 0) is 4.74 Å². The molecule has 0 bridgehead atoms. The lowest BCUT2D eigenvalue weighted by Gasteiger charge is -2.12. The zero-order chi connectivity index (χ0) is 17.0. The van der Waals surface area contributed by atoms with Gasteiger partial charge in [-0.1, -0.05) is 6.07 Å². The van der Waals surface area contributed by atoms with Gasteiger partial charge in [-0.2, -0.15) is 0 Å². The number of carbonyl (C=O) groups is 1. The van der Waals surface area contributed by atoms with Crippen molar-refractivity contribution in [3.63, 3.8) is 0 Å². The molecule has 0 saturated heterocycles. The number of benzene rings is 2. The van der Waals surface area contributed by atoms with E-state index in [1.165, 1.54) is 49.6 Å². The van der Waals surface area contributed by atoms with Crippen molar-refractivity contribution in [3.8, 4) is 5.69 Å². The molecule has 0 aliphatic heterocycles. The highest BCUT2D eigenvalue weighted by atomic mass is 16.5. The number of carbonyl (C=O) groups excluding carboxylic acids is 1. The summed E-state index contributed by atoms with van der Waals surface area (Å²) in [4.78, 5) is 11.8. The Morgan fingerprint density at radius 2 is 1.64 bits per heavy atom. The lowest BCUT2D eigenvalue weighted by molar-refractivity contribution is 0.0601. The van der Waals surface area contributed by atoms with E-state index in [4.69, 9.17) is 4.74 Å². The smallest absolute Gasteiger partial charge is 0.337 e. The van der Waals surface area contributed by atoms with E-state index in [1.807, 2.05) is 18.2 Å². The fourth-order valence-corrected chi connectivity index (χ4v) is 3.72. The van der Waals surface area contributed by atoms with Crippen LogP contribution in [0.4, 0.5) is 0 Å². The second kappa shape index (κ2) is 5.48. The first-order valence-corrected chi connectivity index (χ1v) is 9.07. The molecule has 2 saturated carbocycles. The van der Waals surface area contributed by atoms with Crippen LogP contribution < -0.4 is 0 Å². The third-order valence-electron chi connectivity index (χ3n) is 5.45. The van der Waals surface area contributed by atoms with Gasteiger partial charge < -0.3 is 9.30 Å². The van der Waals surface area contributed by atoms with E-state index in [1.54, 1.807) is 0 Å². The Hall–Kier alpha value is -2.55. The number of rotatable bonds is 4. The van der Waals surface area contributed by atoms with Crippen molar-refractivity contribution >= 4 is 16.9 Å². The molecule has 126 valence electrons. The van der Waals surface area contributed by atoms with Crippen molar-refractivity contribution < 1.29 is 9.53 Å². The molecule has 2 aliphatic carbocycles. The Labute approximate surface area is 147 Å². The number of aromatic nitrogens is 1. The zero-order valence-electron chi connectivity index (χ0n) is 14.4. The Morgan fingerprint density at radius 3 is 2.24 bits per heavy atom. The number of nitrogens with zero attached hydrogens (tertiary/aromatic N) is 1. The average Bonchev–Trinajstić information content (AvgIpc) is 3.55. The van der Waals surface area contributed by atoms with Crippen LogP contribution >= 0.6 is 0 Å². The molecule has 0 N–H and O–H groups in total. The highest BCUT2D eigenvalue weighted by Gasteiger charge is 2.28. The van der Waals surface area contributed by atoms with Gasteiger partial charge in [-0.25, -0.2) is 4.79 Å². The molecule has 1 heterocycles. The SMILES string of the molecule is COC(=O)c1ccc2c(ccn2-c2cc(C3CC3)cc(C3CC3)c2)c1. The van der Waals surface area contributed by atoms with Gasteiger partial charge in [0.15, 0.2) is 0 Å². The number of esters is 1. The monoisotopic (exact) mass is 331 g/mol. The topological polar surface area (TPSA) is 31.2 Å². The number of hydrogen-bond donors (Lipinski definition) is 0. The van der Waals surface area contributed by atoms with Crippen LogP contribution in [0.2, 0.25) is 0 Å². The van der Waals surface area contributed by atoms with E-state index in [-0.39, 0.29) is 5.97 Å². The molecule has 3 aromatic rings. The summed E-state index contributed by atoms with van der Waals surface area (Å²) in [7, 11) is 1.42. The first-order valence-electron chi connectivity index (χ1n) is 9.07. The van der Waals surface area contributed by atoms with Crippen LogP contribution in [0.1, 0.15) is 59.0 Å². The fraction of sp³-hybridized carbons (Fsp3) is 0.318. The van der Waals surface area contributed by atoms with E-state index in [2.05, 4.69) is 35.0 Å². The van der Waals surface area contributed by atoms with Crippen LogP contribution in [0.25, 0.3) is 16.6 Å². The molecular formula is C22H21NO2. The molecule has 2 fully saturated rings. The molecule has 1 aromatic heterocycles. The van der Waals surface area contributed by atoms with Crippen LogP contribution in [0.3, 0.4) is 0 Å². The normalized spacial score (nSPS) is 17.0. The maximum Gasteiger partial charge on any atom is 0.337 e. The van der Waals surface area contributed by atoms with Gasteiger partial charge >= 0.3 is 5.97 Å². The van der Waals surface area contributed by atoms with Crippen molar-refractivity contribution in [2.24, 2.45) is 0 Å². The average molecular weight is 331 g/mol. The van der Waals surface area contributed by atoms with Crippen molar-refractivity contribution in [3.05, 3.63) is 65.4 Å². The molecule has 2 aromatic carbocycles. The molecule has 0 unspecified atom stereocenters. The molecule has 0 radical (unpaired) electrons. The first kappa shape index (κ1) is 14.8. The highest BCUT2D eigenvalue weighted by molar-refractivity contribution is 5.95. The summed E-state index contributed by atoms with van der Waals surface area (Å²) in [6.45, 7) is 0. The Morgan fingerprint density at radius 1 is 0.960 bits per heavy atom. The largest absolute Gasteiger partial charge is 0.465 e. The first-order chi connectivity index (χ1) is 12.2. The summed E-state index contributed by atoms with van der Waals surface area (Å²) in [5.41, 5.74) is 5.95. The van der Waals surface area contributed by atoms with Crippen LogP contribution in [0.15, 0.2) is 48.7 Å². The van der Waals surface area contributed by atoms with Gasteiger partial charge in [0, 0.05) is 17.3 Å². The van der Waals surface area contributed by atoms with Crippen molar-refractivity contribution in [1.29, 1.82) is 0 Å². The predicted octanol–water partition coefficient (Wildman–Crippen LogP) is 5.17. The molecule has 5 rings (SSSR count). The zero-order valence-corrected chi connectivity index (χ0v) is 14.4. The van der Waals surface area contributed by atoms with Gasteiger partial charge in [0.05, 0.1) is 18.2 Å². The summed E-state index contributed by atoms with van der Waals surface area (Å²) in [5.74, 6) is 1.22. The number of fused-ring (bicyclic) bond motifs is 1. The third-order valence-corrected chi connectivity index (χ3v) is 5.45. The maximum absolute atomic E-state index is 11.8. The Kier molecular flexibility index (Phi) is 3.24. The quantitative estimate of drug-likeness (QED) is 0.617. The van der Waals surface area contributed by atoms with E-state index in [9.17, 15) is 4.79 Å². The third kappa shape index (κ3) is 2.64. The summed E-state index contributed by atoms with van der Waals surface area (Å²) >= 11 is 0. The lowest BCUT2D eigenvalue weighted by atomic mass is 10.0. The molecule has 3 heteroatoms. The standard InChI is InChI=1S/C22H21NO2/c1-25-22(24)17-6-7-21-16(10-17)8-9-23(21)20-12-18(14-2-3-14)11-19(13-20)15-4-5-15/h6-15H,2-5H2,1H3. The number of methoxy groups -OCH3 is 1. The maximum atomic E-state index is 11.8. The van der Waals surface area contributed by atoms with Gasteiger partial charge in [-0.05, 0) is 85.0 Å². The Balaban J connectivity index is 1.61. The van der Waals surface area contributed by atoms with E-state index >= 15 is 0 Å². The minimum absolute atomic E-state index is 0.290. The second-order valence-corrected chi connectivity index (χ2v) is 7.36. The number of hydrogen-bond acceptors (Lipinski definition) is 2. The van der Waals surface area contributed by atoms with Crippen molar-refractivity contribution in [2.45, 2.75) is 37.5 Å². The molecule has 0 spiro atoms. The molecule has 0 atom stereocenters. The van der Waals surface area contributed by atoms with Crippen molar-refractivity contribution in [2.75, 3.05) is 7.11 Å². The molecule has 3 nitrogen and oxygen atoms in total. The molecular weight excluding hydrogens is 310 g/mol. The molecule has 25 heavy (non-hydrogen) atoms. The summed E-state index contributed by atoms with van der Waals surface area (Å²) < 4.78 is 7.07. The minimum atomic E-state index is -0.290. The van der Waals surface area contributed by atoms with E-state index in [0.717, 1.165) is 22.7 Å². The van der Waals surface area contributed by atoms with E-state index < -0.39 is 0 Å². The van der Waals surface area contributed by atoms with Gasteiger partial charge in [-0.3, -0.25) is 0 Å². The van der Waals surface area contributed by atoms with Crippen LogP contribution in [-0.4, -0.2) is 17.6 Å². The molecule has 2 aliphatic rings. The van der Waals surface area contributed by atoms with Crippen molar-refractivity contribution in [1.82, 2.24) is 4.57 Å². The Bertz CT molecular complexity index is 947. The van der Waals surface area contributed by atoms with Gasteiger partial charge in [0.25, 0.3) is 0 Å². The lowest BCUT2D eigenvalue weighted by Crippen LogP contribution is -2.01. The second-order valence-electron chi connectivity index (χ2n) is 7.36. The van der Waals surface area contributed by atoms with Gasteiger partial charge in [-0.15, -0.1) is 0 Å². The summed E-state index contributed by atoms with van der Waals surface area (Å²) in [6.07, 6.45) is 7.39. The predicted molar refractivity (Wildman–Crippen MR) is 98.6 cm³/mol. The fourth-order valence-electron chi connectivity index (χ4n) is 3.72. The number of ether oxygens (including phenoxy) is 1. The van der Waals surface area contributed by atoms with Gasteiger partial charge in [0.2, 0.25) is 0 Å². The van der Waals surface area contributed by atoms with E-state index in [0.29, 0.717) is 5.56 Å². The minimum Gasteiger partial charge on any atom is -0.465 e. The summed E-state index contributed by atoms with van der Waals surface area (Å²) in [6, 6.07) is 15.0. The molecule has 0 amide bonds. The highest BCUT2D eigenvalue weighted by Crippen LogP contribution is 2.46.